The van der Waals surface area contributed by atoms with Gasteiger partial charge in [0.1, 0.15) is 6.10 Å². The molecule has 0 spiro atoms. The van der Waals surface area contributed by atoms with Crippen LogP contribution in [0.15, 0.2) is 66.7 Å². The number of nitrogens with zero attached hydrogens (tertiary/aromatic N) is 1. The number of halogens is 1. The average Bonchev–Trinajstić information content (AvgIpc) is 3.01. The van der Waals surface area contributed by atoms with Gasteiger partial charge in [-0.25, -0.2) is 9.59 Å². The van der Waals surface area contributed by atoms with Crippen molar-refractivity contribution in [2.45, 2.75) is 40.2 Å². The number of carbonyl (C=O) groups is 4. The standard InChI is InChI=1S/C22H23ClN4O6.C8H10.C2H6/c1-27(10-9-18-16-11-14(23)5-8-17(16)26-22(31)33-18)19(28)12-24-20(29)13-3-6-15(7-4-13)25-21(30)32-2;1-7-3-5-8(2)6-4-7;1-2/h3-8,11,18H,9-10,12H2,1-2H3,(H,24,29)(H,25,30)(H,26,31);3-6H,1-2H3;1-2H3. The fraction of sp³-hybridized carbons (Fsp3) is 0.312. The van der Waals surface area contributed by atoms with Crippen molar-refractivity contribution in [2.75, 3.05) is 37.9 Å². The van der Waals surface area contributed by atoms with E-state index in [1.54, 1.807) is 37.4 Å². The van der Waals surface area contributed by atoms with Gasteiger partial charge in [0.25, 0.3) is 5.91 Å². The minimum absolute atomic E-state index is 0.202. The molecule has 0 aliphatic carbocycles. The van der Waals surface area contributed by atoms with Crippen molar-refractivity contribution >= 4 is 47.0 Å². The van der Waals surface area contributed by atoms with E-state index in [1.807, 2.05) is 13.8 Å². The van der Waals surface area contributed by atoms with Crippen LogP contribution in [0.4, 0.5) is 21.0 Å². The number of rotatable bonds is 7. The Bertz CT molecular complexity index is 1360. The van der Waals surface area contributed by atoms with Gasteiger partial charge in [0, 0.05) is 41.9 Å². The summed E-state index contributed by atoms with van der Waals surface area (Å²) < 4.78 is 9.84. The first-order valence-corrected chi connectivity index (χ1v) is 14.2. The summed E-state index contributed by atoms with van der Waals surface area (Å²) in [5.74, 6) is -0.740. The highest BCUT2D eigenvalue weighted by Gasteiger charge is 2.27. The van der Waals surface area contributed by atoms with Crippen LogP contribution in [-0.4, -0.2) is 56.1 Å². The van der Waals surface area contributed by atoms with E-state index >= 15 is 0 Å². The summed E-state index contributed by atoms with van der Waals surface area (Å²) >= 11 is 6.05. The van der Waals surface area contributed by atoms with Crippen molar-refractivity contribution < 1.29 is 28.7 Å². The minimum atomic E-state index is -0.619. The number of hydrogen-bond acceptors (Lipinski definition) is 6. The number of cyclic esters (lactones) is 1. The molecule has 11 heteroatoms. The van der Waals surface area contributed by atoms with Crippen LogP contribution in [0.25, 0.3) is 0 Å². The largest absolute Gasteiger partial charge is 0.453 e. The second-order valence-corrected chi connectivity index (χ2v) is 9.82. The molecule has 4 amide bonds. The summed E-state index contributed by atoms with van der Waals surface area (Å²) in [5.41, 5.74) is 4.81. The summed E-state index contributed by atoms with van der Waals surface area (Å²) in [6, 6.07) is 19.7. The van der Waals surface area contributed by atoms with E-state index < -0.39 is 24.2 Å². The van der Waals surface area contributed by atoms with E-state index in [9.17, 15) is 19.2 Å². The number of benzene rings is 3. The Morgan fingerprint density at radius 1 is 0.977 bits per heavy atom. The Hall–Kier alpha value is -4.57. The maximum atomic E-state index is 12.4. The third-order valence-corrected chi connectivity index (χ3v) is 6.43. The lowest BCUT2D eigenvalue weighted by molar-refractivity contribution is -0.129. The minimum Gasteiger partial charge on any atom is -0.453 e. The predicted octanol–water partition coefficient (Wildman–Crippen LogP) is 6.73. The predicted molar refractivity (Wildman–Crippen MR) is 169 cm³/mol. The van der Waals surface area contributed by atoms with Gasteiger partial charge in [0.2, 0.25) is 5.91 Å². The lowest BCUT2D eigenvalue weighted by Gasteiger charge is -2.28. The Balaban J connectivity index is 0.000000550. The van der Waals surface area contributed by atoms with Crippen molar-refractivity contribution in [3.8, 4) is 0 Å². The fourth-order valence-electron chi connectivity index (χ4n) is 3.80. The second kappa shape index (κ2) is 17.4. The molecule has 1 aliphatic heterocycles. The molecule has 10 nitrogen and oxygen atoms in total. The molecule has 0 saturated heterocycles. The van der Waals surface area contributed by atoms with Crippen LogP contribution in [0.2, 0.25) is 5.02 Å². The van der Waals surface area contributed by atoms with E-state index in [0.717, 1.165) is 5.56 Å². The van der Waals surface area contributed by atoms with Gasteiger partial charge in [-0.15, -0.1) is 0 Å². The monoisotopic (exact) mass is 610 g/mol. The molecule has 3 aromatic carbocycles. The number of carbonyl (C=O) groups excluding carboxylic acids is 4. The number of aryl methyl sites for hydroxylation is 2. The zero-order chi connectivity index (χ0) is 31.9. The van der Waals surface area contributed by atoms with E-state index in [2.05, 4.69) is 58.8 Å². The Labute approximate surface area is 257 Å². The molecule has 1 heterocycles. The fourth-order valence-corrected chi connectivity index (χ4v) is 3.98. The first-order valence-electron chi connectivity index (χ1n) is 13.8. The number of methoxy groups -OCH3 is 1. The molecular weight excluding hydrogens is 572 g/mol. The van der Waals surface area contributed by atoms with Crippen LogP contribution in [0.3, 0.4) is 0 Å². The highest BCUT2D eigenvalue weighted by Crippen LogP contribution is 2.34. The third-order valence-electron chi connectivity index (χ3n) is 6.20. The third kappa shape index (κ3) is 11.3. The molecule has 1 atom stereocenters. The van der Waals surface area contributed by atoms with Gasteiger partial charge < -0.3 is 19.7 Å². The number of amides is 4. The lowest BCUT2D eigenvalue weighted by Crippen LogP contribution is -2.39. The number of likely N-dealkylation sites (N-methyl/N-ethyl adjacent to an activating group) is 1. The van der Waals surface area contributed by atoms with Crippen LogP contribution in [0.1, 0.15) is 53.4 Å². The van der Waals surface area contributed by atoms with E-state index in [1.165, 1.54) is 35.3 Å². The van der Waals surface area contributed by atoms with Crippen LogP contribution < -0.4 is 16.0 Å². The Kier molecular flexibility index (Phi) is 14.0. The quantitative estimate of drug-likeness (QED) is 0.272. The van der Waals surface area contributed by atoms with Gasteiger partial charge >= 0.3 is 12.2 Å². The molecule has 3 N–H and O–H groups in total. The summed E-state index contributed by atoms with van der Waals surface area (Å²) in [4.78, 5) is 49.2. The van der Waals surface area contributed by atoms with Crippen molar-refractivity contribution in [2.24, 2.45) is 0 Å². The molecule has 0 aromatic heterocycles. The van der Waals surface area contributed by atoms with Crippen LogP contribution in [0, 0.1) is 13.8 Å². The number of anilines is 2. The van der Waals surface area contributed by atoms with Gasteiger partial charge in [-0.3, -0.25) is 20.2 Å². The summed E-state index contributed by atoms with van der Waals surface area (Å²) in [6.07, 6.45) is -1.36. The molecule has 4 rings (SSSR count). The molecule has 0 fully saturated rings. The zero-order valence-corrected chi connectivity index (χ0v) is 26.1. The van der Waals surface area contributed by atoms with Gasteiger partial charge in [0.05, 0.1) is 19.3 Å². The average molecular weight is 611 g/mol. The van der Waals surface area contributed by atoms with Crippen LogP contribution >= 0.6 is 11.6 Å². The number of hydrogen-bond donors (Lipinski definition) is 3. The van der Waals surface area contributed by atoms with E-state index in [0.29, 0.717) is 34.9 Å². The normalized spacial score (nSPS) is 12.8. The molecule has 3 aromatic rings. The van der Waals surface area contributed by atoms with E-state index in [-0.39, 0.29) is 12.5 Å². The first kappa shape index (κ1) is 34.6. The molecule has 0 saturated carbocycles. The van der Waals surface area contributed by atoms with Gasteiger partial charge in [-0.05, 0) is 56.3 Å². The molecule has 1 aliphatic rings. The smallest absolute Gasteiger partial charge is 0.412 e. The van der Waals surface area contributed by atoms with Crippen LogP contribution in [-0.2, 0) is 14.3 Å². The number of fused-ring (bicyclic) bond motifs is 1. The molecule has 43 heavy (non-hydrogen) atoms. The van der Waals surface area contributed by atoms with Crippen molar-refractivity contribution in [1.82, 2.24) is 10.2 Å². The van der Waals surface area contributed by atoms with Crippen molar-refractivity contribution in [1.29, 1.82) is 0 Å². The SMILES string of the molecule is CC.COC(=O)Nc1ccc(C(=O)NCC(=O)N(C)CCC2OC(=O)Nc3ccc(Cl)cc32)cc1.Cc1ccc(C)cc1. The highest BCUT2D eigenvalue weighted by atomic mass is 35.5. The number of nitrogens with one attached hydrogen (secondary N) is 3. The molecule has 0 bridgehead atoms. The maximum Gasteiger partial charge on any atom is 0.412 e. The van der Waals surface area contributed by atoms with Crippen molar-refractivity contribution in [3.63, 3.8) is 0 Å². The lowest BCUT2D eigenvalue weighted by atomic mass is 10.0. The van der Waals surface area contributed by atoms with E-state index in [4.69, 9.17) is 16.3 Å². The highest BCUT2D eigenvalue weighted by molar-refractivity contribution is 6.30. The zero-order valence-electron chi connectivity index (χ0n) is 25.3. The summed E-state index contributed by atoms with van der Waals surface area (Å²) in [6.45, 7) is 8.29. The van der Waals surface area contributed by atoms with Crippen LogP contribution in [0.5, 0.6) is 0 Å². The van der Waals surface area contributed by atoms with Gasteiger partial charge in [0.15, 0.2) is 0 Å². The van der Waals surface area contributed by atoms with Crippen molar-refractivity contribution in [3.05, 3.63) is 94.0 Å². The summed E-state index contributed by atoms with van der Waals surface area (Å²) in [5, 5.41) is 8.17. The number of ether oxygens (including phenoxy) is 2. The van der Waals surface area contributed by atoms with Gasteiger partial charge in [-0.2, -0.15) is 0 Å². The summed E-state index contributed by atoms with van der Waals surface area (Å²) in [7, 11) is 2.85. The Morgan fingerprint density at radius 2 is 1.58 bits per heavy atom. The molecular formula is C32H39ClN4O6. The maximum absolute atomic E-state index is 12.4. The topological polar surface area (TPSA) is 126 Å². The first-order chi connectivity index (χ1) is 20.5. The molecule has 230 valence electrons. The molecule has 1 unspecified atom stereocenters. The molecule has 0 radical (unpaired) electrons. The Morgan fingerprint density at radius 3 is 2.16 bits per heavy atom. The van der Waals surface area contributed by atoms with Gasteiger partial charge in [-0.1, -0.05) is 60.8 Å². The second-order valence-electron chi connectivity index (χ2n) is 9.39.